The molecule has 1 aliphatic carbocycles. The van der Waals surface area contributed by atoms with Crippen LogP contribution in [0.2, 0.25) is 0 Å². The minimum absolute atomic E-state index is 0.0189. The quantitative estimate of drug-likeness (QED) is 0.768. The van der Waals surface area contributed by atoms with E-state index in [1.165, 1.54) is 0 Å². The molecule has 1 saturated carbocycles. The maximum Gasteiger partial charge on any atom is 0.191 e. The highest BCUT2D eigenvalue weighted by atomic mass is 19.1. The van der Waals surface area contributed by atoms with Crippen molar-refractivity contribution in [3.05, 3.63) is 29.3 Å². The Balaban J connectivity index is 2.11. The van der Waals surface area contributed by atoms with Crippen LogP contribution in [0.15, 0.2) is 12.1 Å². The van der Waals surface area contributed by atoms with Crippen LogP contribution in [0.25, 0.3) is 0 Å². The second-order valence-corrected chi connectivity index (χ2v) is 4.93. The van der Waals surface area contributed by atoms with Crippen LogP contribution < -0.4 is 4.74 Å². The van der Waals surface area contributed by atoms with Crippen molar-refractivity contribution in [3.8, 4) is 5.75 Å². The van der Waals surface area contributed by atoms with Gasteiger partial charge in [0.25, 0.3) is 0 Å². The lowest BCUT2D eigenvalue weighted by Crippen LogP contribution is -2.24. The number of hydrogen-bond acceptors (Lipinski definition) is 2. The van der Waals surface area contributed by atoms with Gasteiger partial charge in [-0.25, -0.2) is 8.78 Å². The predicted octanol–water partition coefficient (Wildman–Crippen LogP) is 3.73. The zero-order valence-corrected chi connectivity index (χ0v) is 10.3. The third kappa shape index (κ3) is 2.86. The fourth-order valence-electron chi connectivity index (χ4n) is 2.27. The monoisotopic (exact) mass is 254 g/mol. The lowest BCUT2D eigenvalue weighted by Gasteiger charge is -2.27. The first kappa shape index (κ1) is 13.0. The van der Waals surface area contributed by atoms with Crippen molar-refractivity contribution in [2.45, 2.75) is 38.7 Å². The highest BCUT2D eigenvalue weighted by Crippen LogP contribution is 2.30. The van der Waals surface area contributed by atoms with Crippen molar-refractivity contribution in [2.75, 3.05) is 0 Å². The van der Waals surface area contributed by atoms with Gasteiger partial charge in [0.1, 0.15) is 6.29 Å². The van der Waals surface area contributed by atoms with Crippen LogP contribution in [0.3, 0.4) is 0 Å². The summed E-state index contributed by atoms with van der Waals surface area (Å²) >= 11 is 0. The standard InChI is InChI=1S/C14H16F2O2/c1-9-2-4-11(5-3-9)18-14-12(15)6-10(8-17)7-13(14)16/h6-9,11H,2-5H2,1H3. The number of carbonyl (C=O) groups excluding carboxylic acids is 1. The molecule has 1 fully saturated rings. The number of ether oxygens (including phenoxy) is 1. The average Bonchev–Trinajstić information content (AvgIpc) is 2.35. The van der Waals surface area contributed by atoms with E-state index in [2.05, 4.69) is 6.92 Å². The van der Waals surface area contributed by atoms with Crippen molar-refractivity contribution in [1.82, 2.24) is 0 Å². The largest absolute Gasteiger partial charge is 0.484 e. The minimum Gasteiger partial charge on any atom is -0.484 e. The van der Waals surface area contributed by atoms with Gasteiger partial charge in [-0.15, -0.1) is 0 Å². The molecule has 0 N–H and O–H groups in total. The van der Waals surface area contributed by atoms with Crippen molar-refractivity contribution in [3.63, 3.8) is 0 Å². The molecule has 0 heterocycles. The van der Waals surface area contributed by atoms with E-state index in [1.807, 2.05) is 0 Å². The highest BCUT2D eigenvalue weighted by Gasteiger charge is 2.22. The van der Waals surface area contributed by atoms with E-state index >= 15 is 0 Å². The Morgan fingerprint density at radius 1 is 1.17 bits per heavy atom. The smallest absolute Gasteiger partial charge is 0.191 e. The fraction of sp³-hybridized carbons (Fsp3) is 0.500. The lowest BCUT2D eigenvalue weighted by molar-refractivity contribution is 0.112. The molecule has 98 valence electrons. The summed E-state index contributed by atoms with van der Waals surface area (Å²) in [7, 11) is 0. The first-order chi connectivity index (χ1) is 8.60. The third-order valence-electron chi connectivity index (χ3n) is 3.40. The first-order valence-electron chi connectivity index (χ1n) is 6.21. The van der Waals surface area contributed by atoms with Gasteiger partial charge in [0.05, 0.1) is 6.10 Å². The number of hydrogen-bond donors (Lipinski definition) is 0. The Bertz CT molecular complexity index is 414. The van der Waals surface area contributed by atoms with Crippen LogP contribution in [-0.2, 0) is 0 Å². The average molecular weight is 254 g/mol. The van der Waals surface area contributed by atoms with Gasteiger partial charge in [-0.05, 0) is 43.7 Å². The van der Waals surface area contributed by atoms with Gasteiger partial charge in [-0.2, -0.15) is 0 Å². The molecular formula is C14H16F2O2. The summed E-state index contributed by atoms with van der Waals surface area (Å²) in [5.74, 6) is -1.33. The van der Waals surface area contributed by atoms with Crippen molar-refractivity contribution >= 4 is 6.29 Å². The Labute approximate surface area is 105 Å². The van der Waals surface area contributed by atoms with Gasteiger partial charge in [0, 0.05) is 5.56 Å². The SMILES string of the molecule is CC1CCC(Oc2c(F)cc(C=O)cc2F)CC1. The van der Waals surface area contributed by atoms with E-state index in [-0.39, 0.29) is 17.4 Å². The van der Waals surface area contributed by atoms with Crippen LogP contribution in [0.5, 0.6) is 5.75 Å². The molecule has 0 bridgehead atoms. The molecule has 0 unspecified atom stereocenters. The van der Waals surface area contributed by atoms with Crippen molar-refractivity contribution in [2.24, 2.45) is 5.92 Å². The second-order valence-electron chi connectivity index (χ2n) is 4.93. The van der Waals surface area contributed by atoms with Crippen LogP contribution >= 0.6 is 0 Å². The first-order valence-corrected chi connectivity index (χ1v) is 6.21. The zero-order chi connectivity index (χ0) is 13.1. The molecule has 0 radical (unpaired) electrons. The molecule has 4 heteroatoms. The number of carbonyl (C=O) groups is 1. The summed E-state index contributed by atoms with van der Waals surface area (Å²) in [6.45, 7) is 2.16. The Morgan fingerprint density at radius 3 is 2.22 bits per heavy atom. The topological polar surface area (TPSA) is 26.3 Å². The normalized spacial score (nSPS) is 23.7. The van der Waals surface area contributed by atoms with Gasteiger partial charge in [-0.3, -0.25) is 4.79 Å². The second kappa shape index (κ2) is 5.46. The Kier molecular flexibility index (Phi) is 3.94. The number of aldehydes is 1. The summed E-state index contributed by atoms with van der Waals surface area (Å²) in [6.07, 6.45) is 3.94. The molecule has 1 aromatic carbocycles. The van der Waals surface area contributed by atoms with Gasteiger partial charge in [0.15, 0.2) is 17.4 Å². The van der Waals surface area contributed by atoms with Gasteiger partial charge < -0.3 is 4.74 Å². The molecule has 0 aliphatic heterocycles. The highest BCUT2D eigenvalue weighted by molar-refractivity contribution is 5.75. The van der Waals surface area contributed by atoms with E-state index < -0.39 is 11.6 Å². The predicted molar refractivity (Wildman–Crippen MR) is 63.8 cm³/mol. The molecule has 0 amide bonds. The van der Waals surface area contributed by atoms with E-state index in [9.17, 15) is 13.6 Å². The zero-order valence-electron chi connectivity index (χ0n) is 10.3. The summed E-state index contributed by atoms with van der Waals surface area (Å²) < 4.78 is 32.6. The van der Waals surface area contributed by atoms with Crippen LogP contribution in [0.4, 0.5) is 8.78 Å². The molecule has 0 spiro atoms. The maximum absolute atomic E-state index is 13.6. The summed E-state index contributed by atoms with van der Waals surface area (Å²) in [6, 6.07) is 1.99. The van der Waals surface area contributed by atoms with E-state index in [4.69, 9.17) is 4.74 Å². The van der Waals surface area contributed by atoms with Gasteiger partial charge in [0.2, 0.25) is 0 Å². The Hall–Kier alpha value is -1.45. The van der Waals surface area contributed by atoms with E-state index in [0.29, 0.717) is 12.2 Å². The Morgan fingerprint density at radius 2 is 1.72 bits per heavy atom. The molecule has 2 nitrogen and oxygen atoms in total. The fourth-order valence-corrected chi connectivity index (χ4v) is 2.27. The lowest BCUT2D eigenvalue weighted by atomic mass is 9.89. The summed E-state index contributed by atoms with van der Waals surface area (Å²) in [5.41, 5.74) is -0.0189. The minimum atomic E-state index is -0.810. The van der Waals surface area contributed by atoms with Gasteiger partial charge in [-0.1, -0.05) is 6.92 Å². The van der Waals surface area contributed by atoms with Crippen LogP contribution in [-0.4, -0.2) is 12.4 Å². The van der Waals surface area contributed by atoms with Crippen LogP contribution in [0, 0.1) is 17.6 Å². The number of halogens is 2. The molecule has 2 rings (SSSR count). The summed E-state index contributed by atoms with van der Waals surface area (Å²) in [4.78, 5) is 10.5. The van der Waals surface area contributed by atoms with E-state index in [0.717, 1.165) is 37.8 Å². The van der Waals surface area contributed by atoms with Crippen LogP contribution in [0.1, 0.15) is 43.0 Å². The molecule has 1 aromatic rings. The molecule has 18 heavy (non-hydrogen) atoms. The van der Waals surface area contributed by atoms with E-state index in [1.54, 1.807) is 0 Å². The number of benzene rings is 1. The summed E-state index contributed by atoms with van der Waals surface area (Å²) in [5, 5.41) is 0. The third-order valence-corrected chi connectivity index (χ3v) is 3.40. The van der Waals surface area contributed by atoms with Crippen molar-refractivity contribution in [1.29, 1.82) is 0 Å². The number of rotatable bonds is 3. The molecule has 0 aromatic heterocycles. The molecule has 1 aliphatic rings. The maximum atomic E-state index is 13.6. The molecule has 0 saturated heterocycles. The molecular weight excluding hydrogens is 238 g/mol. The van der Waals surface area contributed by atoms with Gasteiger partial charge >= 0.3 is 0 Å². The molecule has 0 atom stereocenters. The van der Waals surface area contributed by atoms with Crippen molar-refractivity contribution < 1.29 is 18.3 Å².